The van der Waals surface area contributed by atoms with Crippen molar-refractivity contribution in [3.63, 3.8) is 0 Å². The number of fused-ring (bicyclic) bond motifs is 18. The first-order chi connectivity index (χ1) is 43.7. The van der Waals surface area contributed by atoms with E-state index in [1.165, 1.54) is 98.2 Å². The van der Waals surface area contributed by atoms with Crippen molar-refractivity contribution in [1.29, 1.82) is 0 Å². The lowest BCUT2D eigenvalue weighted by Gasteiger charge is -2.27. The number of aryl methyl sites for hydroxylation is 1. The Morgan fingerprint density at radius 2 is 0.697 bits per heavy atom. The van der Waals surface area contributed by atoms with Gasteiger partial charge < -0.3 is 27.4 Å². The van der Waals surface area contributed by atoms with Gasteiger partial charge >= 0.3 is 0 Å². The maximum absolute atomic E-state index is 6.84. The van der Waals surface area contributed by atoms with Gasteiger partial charge in [-0.15, -0.1) is 0 Å². The molecule has 0 bridgehead atoms. The topological polar surface area (TPSA) is 41.6 Å². The molecule has 0 atom stereocenters. The van der Waals surface area contributed by atoms with Crippen molar-refractivity contribution in [2.45, 2.75) is 26.6 Å². The number of hydrogen-bond acceptors (Lipinski definition) is 4. The zero-order valence-corrected chi connectivity index (χ0v) is 50.5. The molecular formula is C82H56N4O2Si. The van der Waals surface area contributed by atoms with Crippen molar-refractivity contribution in [3.05, 3.63) is 272 Å². The van der Waals surface area contributed by atoms with Gasteiger partial charge in [-0.05, 0) is 103 Å². The van der Waals surface area contributed by atoms with E-state index in [0.29, 0.717) is 0 Å². The van der Waals surface area contributed by atoms with Crippen LogP contribution in [0.25, 0.3) is 142 Å². The second-order valence-corrected chi connectivity index (χ2v) is 30.3. The molecule has 0 spiro atoms. The van der Waals surface area contributed by atoms with Gasteiger partial charge in [0.1, 0.15) is 11.2 Å². The van der Waals surface area contributed by atoms with Crippen molar-refractivity contribution in [2.24, 2.45) is 0 Å². The van der Waals surface area contributed by atoms with Crippen LogP contribution in [0.1, 0.15) is 5.56 Å². The van der Waals surface area contributed by atoms with E-state index in [4.69, 9.17) is 8.83 Å². The molecule has 0 fully saturated rings. The second kappa shape index (κ2) is 18.5. The predicted molar refractivity (Wildman–Crippen MR) is 378 cm³/mol. The van der Waals surface area contributed by atoms with E-state index >= 15 is 0 Å². The van der Waals surface area contributed by atoms with E-state index in [1.54, 1.807) is 0 Å². The van der Waals surface area contributed by atoms with Crippen molar-refractivity contribution >= 4 is 167 Å². The average Bonchev–Trinajstić information content (AvgIpc) is 1.50. The lowest BCUT2D eigenvalue weighted by Crippen LogP contribution is -2.37. The molecule has 19 aromatic rings. The summed E-state index contributed by atoms with van der Waals surface area (Å²) in [4.78, 5) is 4.78. The van der Waals surface area contributed by atoms with Crippen LogP contribution < -0.4 is 15.0 Å². The van der Waals surface area contributed by atoms with E-state index in [-0.39, 0.29) is 0 Å². The molecule has 0 aliphatic heterocycles. The quantitative estimate of drug-likeness (QED) is 0.135. The zero-order valence-electron chi connectivity index (χ0n) is 49.5. The molecule has 13 aromatic carbocycles. The number of furan rings is 2. The van der Waals surface area contributed by atoms with Crippen LogP contribution in [-0.2, 0) is 0 Å². The summed E-state index contributed by atoms with van der Waals surface area (Å²) >= 11 is 0. The molecule has 0 N–H and O–H groups in total. The SMILES string of the molecule is Cc1ccc(N(c2ccc3c(c2)c2cccc4c5c(-c6ccccc6)c6c(c(-c7ccccc7)c5n3c24)c2cccc3c4cc(N(c5ccc([Si](C)(C)C)cc5)c5cccc7c5oc5ccccc57)ccc4n6c32)c2cccc3c2oc2ccccc23)cc1. The predicted octanol–water partition coefficient (Wildman–Crippen LogP) is 22.9. The van der Waals surface area contributed by atoms with Gasteiger partial charge in [-0.1, -0.05) is 212 Å². The van der Waals surface area contributed by atoms with Gasteiger partial charge in [-0.2, -0.15) is 0 Å². The first kappa shape index (κ1) is 50.1. The Balaban J connectivity index is 0.899. The van der Waals surface area contributed by atoms with Gasteiger partial charge in [-0.3, -0.25) is 0 Å². The summed E-state index contributed by atoms with van der Waals surface area (Å²) in [6.07, 6.45) is 0. The normalized spacial score (nSPS) is 12.5. The molecule has 89 heavy (non-hydrogen) atoms. The van der Waals surface area contributed by atoms with Gasteiger partial charge in [0.25, 0.3) is 0 Å². The number of rotatable bonds is 9. The summed E-state index contributed by atoms with van der Waals surface area (Å²) in [6.45, 7) is 9.39. The van der Waals surface area contributed by atoms with Crippen LogP contribution in [0.3, 0.4) is 0 Å². The zero-order chi connectivity index (χ0) is 59.0. The number of para-hydroxylation sites is 6. The number of hydrogen-bond donors (Lipinski definition) is 0. The van der Waals surface area contributed by atoms with Crippen LogP contribution in [0.15, 0.2) is 276 Å². The number of nitrogens with zero attached hydrogens (tertiary/aromatic N) is 4. The monoisotopic (exact) mass is 1160 g/mol. The minimum absolute atomic E-state index is 0.861. The Hall–Kier alpha value is -11.1. The van der Waals surface area contributed by atoms with Gasteiger partial charge in [-0.25, -0.2) is 0 Å². The van der Waals surface area contributed by atoms with Crippen molar-refractivity contribution in [1.82, 2.24) is 8.80 Å². The molecule has 0 unspecified atom stereocenters. The molecule has 6 nitrogen and oxygen atoms in total. The molecule has 0 radical (unpaired) electrons. The minimum Gasteiger partial charge on any atom is -0.454 e. The highest BCUT2D eigenvalue weighted by Gasteiger charge is 2.32. The molecule has 420 valence electrons. The Morgan fingerprint density at radius 1 is 0.315 bits per heavy atom. The average molecular weight is 1160 g/mol. The van der Waals surface area contributed by atoms with Gasteiger partial charge in [0.15, 0.2) is 11.2 Å². The molecule has 0 aliphatic carbocycles. The molecule has 19 rings (SSSR count). The highest BCUT2D eigenvalue weighted by atomic mass is 28.3. The standard InChI is InChI=1S/C82H56N4O2Si/c1-49-35-37-52(38-36-49)83(69-31-17-27-61-57-23-11-13-33-71(57)87-81(61)69)54-41-45-67-65(47-54)59-25-15-29-63-75-74(51-21-9-6-10-22-51)80-76(73(50-19-7-5-8-20-50)79(75)85(67)77(59)63)64-30-16-26-60-66-48-55(42-46-68(66)86(80)78(60)64)84(53-39-43-56(44-40-53)89(2,3)4)70-32-18-28-62-58-24-12-14-34-72(58)88-82(62)70/h5-48H,1-4H3. The number of aromatic nitrogens is 2. The van der Waals surface area contributed by atoms with Crippen LogP contribution in [0, 0.1) is 6.92 Å². The Morgan fingerprint density at radius 3 is 1.16 bits per heavy atom. The molecule has 0 saturated heterocycles. The fourth-order valence-corrected chi connectivity index (χ4v) is 16.4. The first-order valence-electron chi connectivity index (χ1n) is 30.8. The summed E-state index contributed by atoms with van der Waals surface area (Å²) in [5, 5.41) is 15.6. The molecule has 0 aliphatic rings. The summed E-state index contributed by atoms with van der Waals surface area (Å²) in [7, 11) is -1.60. The molecule has 6 heterocycles. The minimum atomic E-state index is -1.60. The van der Waals surface area contributed by atoms with E-state index in [9.17, 15) is 0 Å². The smallest absolute Gasteiger partial charge is 0.159 e. The van der Waals surface area contributed by atoms with Crippen LogP contribution in [-0.4, -0.2) is 16.9 Å². The fourth-order valence-electron chi connectivity index (χ4n) is 15.2. The number of benzene rings is 13. The molecule has 0 amide bonds. The Bertz CT molecular complexity index is 6090. The van der Waals surface area contributed by atoms with Gasteiger partial charge in [0, 0.05) is 98.5 Å². The summed E-state index contributed by atoms with van der Waals surface area (Å²) in [5.74, 6) is 0. The van der Waals surface area contributed by atoms with Crippen molar-refractivity contribution < 1.29 is 8.83 Å². The van der Waals surface area contributed by atoms with Crippen LogP contribution >= 0.6 is 0 Å². The first-order valence-corrected chi connectivity index (χ1v) is 34.3. The largest absolute Gasteiger partial charge is 0.454 e. The summed E-state index contributed by atoms with van der Waals surface area (Å²) < 4.78 is 18.8. The lowest BCUT2D eigenvalue weighted by atomic mass is 9.89. The third-order valence-corrected chi connectivity index (χ3v) is 21.2. The van der Waals surface area contributed by atoms with Crippen molar-refractivity contribution in [3.8, 4) is 22.3 Å². The van der Waals surface area contributed by atoms with Crippen LogP contribution in [0.2, 0.25) is 19.6 Å². The third kappa shape index (κ3) is 7.07. The molecule has 6 aromatic heterocycles. The third-order valence-electron chi connectivity index (χ3n) is 19.1. The maximum Gasteiger partial charge on any atom is 0.159 e. The number of anilines is 6. The molecule has 0 saturated carbocycles. The van der Waals surface area contributed by atoms with E-state index < -0.39 is 8.07 Å². The summed E-state index contributed by atoms with van der Waals surface area (Å²) in [5.41, 5.74) is 22.9. The fraction of sp³-hybridized carbons (Fsp3) is 0.0488. The van der Waals surface area contributed by atoms with Crippen molar-refractivity contribution in [2.75, 3.05) is 9.80 Å². The van der Waals surface area contributed by atoms with Crippen LogP contribution in [0.5, 0.6) is 0 Å². The lowest BCUT2D eigenvalue weighted by molar-refractivity contribution is 0.668. The highest BCUT2D eigenvalue weighted by Crippen LogP contribution is 2.55. The highest BCUT2D eigenvalue weighted by molar-refractivity contribution is 6.88. The Kier molecular flexibility index (Phi) is 10.4. The summed E-state index contributed by atoms with van der Waals surface area (Å²) in [6, 6.07) is 98.5. The van der Waals surface area contributed by atoms with Crippen LogP contribution in [0.4, 0.5) is 34.1 Å². The molecule has 7 heteroatoms. The van der Waals surface area contributed by atoms with Gasteiger partial charge in [0.05, 0.1) is 52.5 Å². The Labute approximate surface area is 513 Å². The van der Waals surface area contributed by atoms with E-state index in [0.717, 1.165) is 89.0 Å². The second-order valence-electron chi connectivity index (χ2n) is 25.2. The van der Waals surface area contributed by atoms with Gasteiger partial charge in [0.2, 0.25) is 0 Å². The molecular weight excluding hydrogens is 1100 g/mol. The maximum atomic E-state index is 6.84. The van der Waals surface area contributed by atoms with E-state index in [2.05, 4.69) is 306 Å². The van der Waals surface area contributed by atoms with E-state index in [1.807, 2.05) is 6.07 Å².